The summed E-state index contributed by atoms with van der Waals surface area (Å²) in [6.45, 7) is 5.84. The van der Waals surface area contributed by atoms with E-state index in [1.54, 1.807) is 12.1 Å². The predicted molar refractivity (Wildman–Crippen MR) is 79.3 cm³/mol. The van der Waals surface area contributed by atoms with Crippen LogP contribution in [0.5, 0.6) is 5.75 Å². The van der Waals surface area contributed by atoms with Crippen LogP contribution < -0.4 is 4.74 Å². The van der Waals surface area contributed by atoms with Crippen molar-refractivity contribution >= 4 is 5.97 Å². The van der Waals surface area contributed by atoms with Gasteiger partial charge in [-0.1, -0.05) is 35.9 Å². The average Bonchev–Trinajstić information content (AvgIpc) is 2.38. The Balaban J connectivity index is 2.62. The van der Waals surface area contributed by atoms with Crippen LogP contribution in [0, 0.1) is 6.92 Å². The second-order valence-corrected chi connectivity index (χ2v) is 5.02. The summed E-state index contributed by atoms with van der Waals surface area (Å²) in [6.07, 6.45) is 0.0363. The molecule has 0 heterocycles. The van der Waals surface area contributed by atoms with Gasteiger partial charge in [-0.05, 0) is 32.9 Å². The molecule has 2 rings (SSSR count). The van der Waals surface area contributed by atoms with Gasteiger partial charge in [0.25, 0.3) is 0 Å². The molecule has 0 unspecified atom stereocenters. The number of benzene rings is 2. The summed E-state index contributed by atoms with van der Waals surface area (Å²) in [5, 5.41) is 9.35. The van der Waals surface area contributed by atoms with Crippen molar-refractivity contribution in [2.75, 3.05) is 0 Å². The fourth-order valence-electron chi connectivity index (χ4n) is 2.11. The Morgan fingerprint density at radius 3 is 2.45 bits per heavy atom. The van der Waals surface area contributed by atoms with Crippen molar-refractivity contribution in [3.05, 3.63) is 53.6 Å². The number of carboxylic acid groups (broad SMARTS) is 1. The zero-order valence-electron chi connectivity index (χ0n) is 11.9. The molecule has 0 aliphatic heterocycles. The molecule has 104 valence electrons. The highest BCUT2D eigenvalue weighted by molar-refractivity contribution is 5.97. The predicted octanol–water partition coefficient (Wildman–Crippen LogP) is 4.15. The van der Waals surface area contributed by atoms with E-state index < -0.39 is 5.97 Å². The molecule has 3 heteroatoms. The number of carboxylic acids is 1. The van der Waals surface area contributed by atoms with E-state index in [-0.39, 0.29) is 11.7 Å². The molecular weight excluding hydrogens is 252 g/mol. The summed E-state index contributed by atoms with van der Waals surface area (Å²) in [6, 6.07) is 12.8. The third-order valence-electron chi connectivity index (χ3n) is 2.95. The molecule has 0 aliphatic carbocycles. The molecule has 20 heavy (non-hydrogen) atoms. The van der Waals surface area contributed by atoms with Crippen molar-refractivity contribution in [3.8, 4) is 16.9 Å². The molecule has 1 N–H and O–H groups in total. The van der Waals surface area contributed by atoms with Gasteiger partial charge in [0.1, 0.15) is 5.75 Å². The second-order valence-electron chi connectivity index (χ2n) is 5.02. The van der Waals surface area contributed by atoms with Crippen LogP contribution in [-0.4, -0.2) is 17.2 Å². The molecule has 0 atom stereocenters. The van der Waals surface area contributed by atoms with Gasteiger partial charge in [-0.3, -0.25) is 0 Å². The average molecular weight is 270 g/mol. The second kappa shape index (κ2) is 5.78. The van der Waals surface area contributed by atoms with Crippen LogP contribution >= 0.6 is 0 Å². The molecule has 0 saturated carbocycles. The minimum atomic E-state index is -0.931. The third kappa shape index (κ3) is 2.99. The molecule has 0 saturated heterocycles. The minimum absolute atomic E-state index is 0.0363. The van der Waals surface area contributed by atoms with Crippen molar-refractivity contribution < 1.29 is 14.6 Å². The highest BCUT2D eigenvalue weighted by atomic mass is 16.5. The van der Waals surface area contributed by atoms with Crippen molar-refractivity contribution in [2.45, 2.75) is 26.9 Å². The molecule has 0 bridgehead atoms. The Hall–Kier alpha value is -2.29. The van der Waals surface area contributed by atoms with E-state index in [1.165, 1.54) is 0 Å². The van der Waals surface area contributed by atoms with Crippen LogP contribution in [0.25, 0.3) is 11.1 Å². The normalized spacial score (nSPS) is 10.6. The number of aromatic carboxylic acids is 1. The van der Waals surface area contributed by atoms with Crippen molar-refractivity contribution in [1.82, 2.24) is 0 Å². The van der Waals surface area contributed by atoms with E-state index in [0.717, 1.165) is 11.1 Å². The van der Waals surface area contributed by atoms with Gasteiger partial charge in [0, 0.05) is 11.1 Å². The molecule has 0 fully saturated rings. The van der Waals surface area contributed by atoms with E-state index >= 15 is 0 Å². The summed E-state index contributed by atoms with van der Waals surface area (Å²) in [4.78, 5) is 11.4. The van der Waals surface area contributed by atoms with Gasteiger partial charge < -0.3 is 9.84 Å². The summed E-state index contributed by atoms with van der Waals surface area (Å²) in [5.74, 6) is -0.227. The fraction of sp³-hybridized carbons (Fsp3) is 0.235. The van der Waals surface area contributed by atoms with E-state index in [4.69, 9.17) is 4.74 Å². The van der Waals surface area contributed by atoms with Gasteiger partial charge >= 0.3 is 5.97 Å². The van der Waals surface area contributed by atoms with Crippen LogP contribution in [0.3, 0.4) is 0 Å². The zero-order valence-corrected chi connectivity index (χ0v) is 11.9. The first-order chi connectivity index (χ1) is 9.49. The number of aryl methyl sites for hydroxylation is 1. The highest BCUT2D eigenvalue weighted by Gasteiger charge is 2.15. The fourth-order valence-corrected chi connectivity index (χ4v) is 2.11. The Morgan fingerprint density at radius 1 is 1.10 bits per heavy atom. The Bertz CT molecular complexity index is 630. The summed E-state index contributed by atoms with van der Waals surface area (Å²) < 4.78 is 5.78. The van der Waals surface area contributed by atoms with Gasteiger partial charge in [0.2, 0.25) is 0 Å². The quantitative estimate of drug-likeness (QED) is 0.907. The summed E-state index contributed by atoms with van der Waals surface area (Å²) in [7, 11) is 0. The van der Waals surface area contributed by atoms with Gasteiger partial charge in [-0.25, -0.2) is 4.79 Å². The molecule has 0 aromatic heterocycles. The van der Waals surface area contributed by atoms with Gasteiger partial charge in [0.15, 0.2) is 0 Å². The molecule has 3 nitrogen and oxygen atoms in total. The monoisotopic (exact) mass is 270 g/mol. The van der Waals surface area contributed by atoms with Crippen LogP contribution in [0.15, 0.2) is 42.5 Å². The maximum absolute atomic E-state index is 11.4. The lowest BCUT2D eigenvalue weighted by Gasteiger charge is -2.16. The number of rotatable bonds is 4. The third-order valence-corrected chi connectivity index (χ3v) is 2.95. The lowest BCUT2D eigenvalue weighted by Crippen LogP contribution is -2.07. The van der Waals surface area contributed by atoms with Crippen LogP contribution in [0.2, 0.25) is 0 Å². The number of ether oxygens (including phenoxy) is 1. The van der Waals surface area contributed by atoms with Crippen LogP contribution in [-0.2, 0) is 0 Å². The molecule has 0 amide bonds. The standard InChI is InChI=1S/C17H18O3/c1-11(2)20-16-7-5-4-6-13(16)15-10-12(3)8-9-14(15)17(18)19/h4-11H,1-3H3,(H,18,19). The molecule has 2 aromatic rings. The summed E-state index contributed by atoms with van der Waals surface area (Å²) in [5.41, 5.74) is 2.80. The van der Waals surface area contributed by atoms with Crippen molar-refractivity contribution in [2.24, 2.45) is 0 Å². The van der Waals surface area contributed by atoms with Crippen molar-refractivity contribution in [1.29, 1.82) is 0 Å². The smallest absolute Gasteiger partial charge is 0.336 e. The summed E-state index contributed by atoms with van der Waals surface area (Å²) >= 11 is 0. The number of hydrogen-bond acceptors (Lipinski definition) is 2. The lowest BCUT2D eigenvalue weighted by atomic mass is 9.97. The molecular formula is C17H18O3. The number of hydrogen-bond donors (Lipinski definition) is 1. The van der Waals surface area contributed by atoms with Gasteiger partial charge in [0.05, 0.1) is 11.7 Å². The first-order valence-corrected chi connectivity index (χ1v) is 6.59. The molecule has 0 spiro atoms. The van der Waals surface area contributed by atoms with Crippen LogP contribution in [0.1, 0.15) is 29.8 Å². The van der Waals surface area contributed by atoms with Gasteiger partial charge in [-0.15, -0.1) is 0 Å². The molecule has 0 aliphatic rings. The molecule has 2 aromatic carbocycles. The van der Waals surface area contributed by atoms with Crippen LogP contribution in [0.4, 0.5) is 0 Å². The van der Waals surface area contributed by atoms with E-state index in [0.29, 0.717) is 11.3 Å². The first kappa shape index (κ1) is 14.1. The Kier molecular flexibility index (Phi) is 4.08. The van der Waals surface area contributed by atoms with E-state index in [1.807, 2.05) is 51.1 Å². The zero-order chi connectivity index (χ0) is 14.7. The Labute approximate surface area is 118 Å². The maximum atomic E-state index is 11.4. The largest absolute Gasteiger partial charge is 0.490 e. The lowest BCUT2D eigenvalue weighted by molar-refractivity contribution is 0.0698. The SMILES string of the molecule is Cc1ccc(C(=O)O)c(-c2ccccc2OC(C)C)c1. The van der Waals surface area contributed by atoms with Gasteiger partial charge in [-0.2, -0.15) is 0 Å². The van der Waals surface area contributed by atoms with Crippen molar-refractivity contribution in [3.63, 3.8) is 0 Å². The topological polar surface area (TPSA) is 46.5 Å². The van der Waals surface area contributed by atoms with E-state index in [9.17, 15) is 9.90 Å². The molecule has 0 radical (unpaired) electrons. The number of carbonyl (C=O) groups is 1. The minimum Gasteiger partial charge on any atom is -0.490 e. The maximum Gasteiger partial charge on any atom is 0.336 e. The Morgan fingerprint density at radius 2 is 1.80 bits per heavy atom. The first-order valence-electron chi connectivity index (χ1n) is 6.59. The number of para-hydroxylation sites is 1. The highest BCUT2D eigenvalue weighted by Crippen LogP contribution is 2.33. The van der Waals surface area contributed by atoms with E-state index in [2.05, 4.69) is 0 Å².